The molecule has 0 aliphatic rings. The molecule has 3 aromatic rings. The third-order valence-corrected chi connectivity index (χ3v) is 4.85. The maximum absolute atomic E-state index is 12.6. The van der Waals surface area contributed by atoms with E-state index in [4.69, 9.17) is 0 Å². The lowest BCUT2D eigenvalue weighted by atomic mass is 9.96. The molecule has 0 aliphatic carbocycles. The highest BCUT2D eigenvalue weighted by Crippen LogP contribution is 2.33. The quantitative estimate of drug-likeness (QED) is 0.565. The third-order valence-electron chi connectivity index (χ3n) is 3.84. The van der Waals surface area contributed by atoms with Crippen LogP contribution in [0, 0.1) is 17.4 Å². The topological polar surface area (TPSA) is 22.0 Å². The first-order chi connectivity index (χ1) is 10.0. The summed E-state index contributed by atoms with van der Waals surface area (Å²) in [6, 6.07) is 14.4. The molecule has 0 aliphatic heterocycles. The van der Waals surface area contributed by atoms with E-state index < -0.39 is 0 Å². The fraction of sp³-hybridized carbons (Fsp3) is 0.167. The Labute approximate surface area is 137 Å². The first-order valence-corrected chi connectivity index (χ1v) is 7.93. The zero-order valence-electron chi connectivity index (χ0n) is 12.3. The van der Waals surface area contributed by atoms with Crippen molar-refractivity contribution in [3.63, 3.8) is 0 Å². The maximum atomic E-state index is 12.6. The molecule has 1 heterocycles. The van der Waals surface area contributed by atoms with Crippen molar-refractivity contribution < 1.29 is 0 Å². The van der Waals surface area contributed by atoms with Gasteiger partial charge in [0.05, 0.1) is 9.09 Å². The largest absolute Gasteiger partial charge is 0.310 e. The van der Waals surface area contributed by atoms with Crippen molar-refractivity contribution in [2.75, 3.05) is 0 Å². The van der Waals surface area contributed by atoms with Crippen molar-refractivity contribution in [2.24, 2.45) is 7.05 Å². The number of aryl methyl sites for hydroxylation is 3. The molecule has 21 heavy (non-hydrogen) atoms. The van der Waals surface area contributed by atoms with Crippen LogP contribution in [0.3, 0.4) is 0 Å². The zero-order valence-corrected chi connectivity index (χ0v) is 14.4. The molecule has 0 N–H and O–H groups in total. The van der Waals surface area contributed by atoms with Crippen LogP contribution in [0.25, 0.3) is 22.0 Å². The van der Waals surface area contributed by atoms with Crippen LogP contribution in [0.15, 0.2) is 47.3 Å². The van der Waals surface area contributed by atoms with E-state index in [-0.39, 0.29) is 5.56 Å². The molecule has 1 aromatic heterocycles. The summed E-state index contributed by atoms with van der Waals surface area (Å²) < 4.78 is 2.53. The van der Waals surface area contributed by atoms with Crippen molar-refractivity contribution in [1.29, 1.82) is 0 Å². The standard InChI is InChI=1S/C18H16INO/c1-11-9-12(2)15-14(10-11)20(3)18(21)17(19)16(15)13-7-5-4-6-8-13/h4-10H,1-3H3. The number of fused-ring (bicyclic) bond motifs is 1. The summed E-state index contributed by atoms with van der Waals surface area (Å²) in [7, 11) is 1.85. The van der Waals surface area contributed by atoms with Crippen molar-refractivity contribution in [3.8, 4) is 11.1 Å². The first-order valence-electron chi connectivity index (χ1n) is 6.85. The van der Waals surface area contributed by atoms with Gasteiger partial charge in [-0.2, -0.15) is 0 Å². The second-order valence-electron chi connectivity index (χ2n) is 5.40. The van der Waals surface area contributed by atoms with Crippen molar-refractivity contribution >= 4 is 33.5 Å². The van der Waals surface area contributed by atoms with Crippen LogP contribution in [0.5, 0.6) is 0 Å². The summed E-state index contributed by atoms with van der Waals surface area (Å²) in [6.07, 6.45) is 0. The minimum absolute atomic E-state index is 0.0620. The average Bonchev–Trinajstić information content (AvgIpc) is 2.47. The number of aromatic nitrogens is 1. The van der Waals surface area contributed by atoms with Crippen LogP contribution in [0.2, 0.25) is 0 Å². The van der Waals surface area contributed by atoms with Gasteiger partial charge in [-0.25, -0.2) is 0 Å². The van der Waals surface area contributed by atoms with Gasteiger partial charge in [-0.1, -0.05) is 36.4 Å². The highest BCUT2D eigenvalue weighted by Gasteiger charge is 2.16. The molecule has 106 valence electrons. The lowest BCUT2D eigenvalue weighted by Gasteiger charge is -2.16. The predicted molar refractivity (Wildman–Crippen MR) is 96.8 cm³/mol. The van der Waals surface area contributed by atoms with E-state index in [9.17, 15) is 4.79 Å². The van der Waals surface area contributed by atoms with E-state index in [1.807, 2.05) is 25.2 Å². The van der Waals surface area contributed by atoms with E-state index in [2.05, 4.69) is 60.7 Å². The number of pyridine rings is 1. The van der Waals surface area contributed by atoms with Crippen LogP contribution in [0.1, 0.15) is 11.1 Å². The summed E-state index contributed by atoms with van der Waals surface area (Å²) in [6.45, 7) is 4.18. The van der Waals surface area contributed by atoms with Gasteiger partial charge < -0.3 is 4.57 Å². The Balaban J connectivity index is 2.58. The lowest BCUT2D eigenvalue weighted by Crippen LogP contribution is -2.21. The Hall–Kier alpha value is -1.62. The van der Waals surface area contributed by atoms with Crippen LogP contribution in [-0.4, -0.2) is 4.57 Å². The lowest BCUT2D eigenvalue weighted by molar-refractivity contribution is 0.898. The molecular weight excluding hydrogens is 373 g/mol. The minimum atomic E-state index is 0.0620. The molecule has 0 bridgehead atoms. The number of halogens is 1. The van der Waals surface area contributed by atoms with Gasteiger partial charge in [-0.05, 0) is 59.2 Å². The van der Waals surface area contributed by atoms with Gasteiger partial charge in [0.15, 0.2) is 0 Å². The van der Waals surface area contributed by atoms with Gasteiger partial charge in [0.2, 0.25) is 0 Å². The van der Waals surface area contributed by atoms with E-state index in [1.54, 1.807) is 4.57 Å². The van der Waals surface area contributed by atoms with Crippen LogP contribution >= 0.6 is 22.6 Å². The normalized spacial score (nSPS) is 11.0. The molecule has 3 heteroatoms. The van der Waals surface area contributed by atoms with Crippen LogP contribution in [-0.2, 0) is 7.05 Å². The Morgan fingerprint density at radius 1 is 1.05 bits per heavy atom. The summed E-state index contributed by atoms with van der Waals surface area (Å²) in [5, 5.41) is 1.17. The summed E-state index contributed by atoms with van der Waals surface area (Å²) in [4.78, 5) is 12.6. The maximum Gasteiger partial charge on any atom is 0.264 e. The second-order valence-corrected chi connectivity index (χ2v) is 6.47. The fourth-order valence-electron chi connectivity index (χ4n) is 2.88. The van der Waals surface area contributed by atoms with E-state index in [0.717, 1.165) is 20.2 Å². The molecule has 0 saturated carbocycles. The van der Waals surface area contributed by atoms with E-state index >= 15 is 0 Å². The third kappa shape index (κ3) is 2.29. The highest BCUT2D eigenvalue weighted by atomic mass is 127. The van der Waals surface area contributed by atoms with Gasteiger partial charge >= 0.3 is 0 Å². The number of rotatable bonds is 1. The monoisotopic (exact) mass is 389 g/mol. The number of nitrogens with zero attached hydrogens (tertiary/aromatic N) is 1. The first kappa shape index (κ1) is 14.3. The van der Waals surface area contributed by atoms with Gasteiger partial charge in [0, 0.05) is 18.0 Å². The number of hydrogen-bond donors (Lipinski definition) is 0. The summed E-state index contributed by atoms with van der Waals surface area (Å²) >= 11 is 2.17. The van der Waals surface area contributed by atoms with Gasteiger partial charge in [0.25, 0.3) is 5.56 Å². The molecule has 0 spiro atoms. The molecule has 0 amide bonds. The van der Waals surface area contributed by atoms with E-state index in [1.165, 1.54) is 16.5 Å². The molecule has 0 saturated heterocycles. The van der Waals surface area contributed by atoms with Gasteiger partial charge in [-0.15, -0.1) is 0 Å². The SMILES string of the molecule is Cc1cc(C)c2c(-c3ccccc3)c(I)c(=O)n(C)c2c1. The van der Waals surface area contributed by atoms with Gasteiger partial charge in [-0.3, -0.25) is 4.79 Å². The zero-order chi connectivity index (χ0) is 15.1. The number of hydrogen-bond acceptors (Lipinski definition) is 1. The molecule has 3 rings (SSSR count). The number of benzene rings is 2. The predicted octanol–water partition coefficient (Wildman–Crippen LogP) is 4.43. The second kappa shape index (κ2) is 5.30. The molecular formula is C18H16INO. The van der Waals surface area contributed by atoms with Crippen LogP contribution in [0.4, 0.5) is 0 Å². The van der Waals surface area contributed by atoms with Crippen molar-refractivity contribution in [3.05, 3.63) is 67.5 Å². The van der Waals surface area contributed by atoms with Crippen molar-refractivity contribution in [2.45, 2.75) is 13.8 Å². The molecule has 0 unspecified atom stereocenters. The Kier molecular flexibility index (Phi) is 3.61. The minimum Gasteiger partial charge on any atom is -0.310 e. The molecule has 0 radical (unpaired) electrons. The molecule has 2 nitrogen and oxygen atoms in total. The fourth-order valence-corrected chi connectivity index (χ4v) is 3.83. The Bertz CT molecular complexity index is 895. The van der Waals surface area contributed by atoms with Crippen LogP contribution < -0.4 is 5.56 Å². The summed E-state index contributed by atoms with van der Waals surface area (Å²) in [5.41, 5.74) is 5.58. The smallest absolute Gasteiger partial charge is 0.264 e. The van der Waals surface area contributed by atoms with E-state index in [0.29, 0.717) is 0 Å². The highest BCUT2D eigenvalue weighted by molar-refractivity contribution is 14.1. The molecule has 0 atom stereocenters. The van der Waals surface area contributed by atoms with Gasteiger partial charge in [0.1, 0.15) is 0 Å². The summed E-state index contributed by atoms with van der Waals surface area (Å²) in [5.74, 6) is 0. The Morgan fingerprint density at radius 2 is 1.71 bits per heavy atom. The molecule has 2 aromatic carbocycles. The average molecular weight is 389 g/mol. The van der Waals surface area contributed by atoms with Crippen molar-refractivity contribution in [1.82, 2.24) is 4.57 Å². The Morgan fingerprint density at radius 3 is 2.38 bits per heavy atom. The molecule has 0 fully saturated rings.